The summed E-state index contributed by atoms with van der Waals surface area (Å²) in [4.78, 5) is 22.2. The average Bonchev–Trinajstić information content (AvgIpc) is 1.84. The maximum atomic E-state index is 10.4. The van der Waals surface area contributed by atoms with Gasteiger partial charge >= 0.3 is 59.1 Å². The Morgan fingerprint density at radius 2 is 1.50 bits per heavy atom. The summed E-state index contributed by atoms with van der Waals surface area (Å²) in [6, 6.07) is 0. The first-order chi connectivity index (χ1) is 5.49. The van der Waals surface area contributed by atoms with E-state index in [2.05, 4.69) is 13.2 Å². The van der Waals surface area contributed by atoms with Crippen molar-refractivity contribution in [3.05, 3.63) is 25.3 Å². The van der Waals surface area contributed by atoms with E-state index < -0.39 is 13.9 Å². The second-order valence-electron chi connectivity index (χ2n) is 2.37. The smallest absolute Gasteiger partial charge is 0.810 e. The van der Waals surface area contributed by atoms with Crippen molar-refractivity contribution < 1.29 is 73.5 Å². The fourth-order valence-corrected chi connectivity index (χ4v) is 1.52. The predicted molar refractivity (Wildman–Crippen MR) is 44.4 cm³/mol. The van der Waals surface area contributed by atoms with Gasteiger partial charge in [0.2, 0.25) is 0 Å². The molecule has 0 radical (unpaired) electrons. The van der Waals surface area contributed by atoms with Gasteiger partial charge in [0, 0.05) is 19.4 Å². The number of hydrogen-bond donors (Lipinski definition) is 0. The normalized spacial score (nSPS) is 9.93. The molecule has 0 aliphatic rings. The number of hydrogen-bond acceptors (Lipinski definition) is 4. The molecule has 0 aliphatic heterocycles. The zero-order chi connectivity index (χ0) is 9.61. The minimum Gasteiger partial charge on any atom is -0.810 e. The monoisotopic (exact) mass is 235 g/mol. The molecule has 4 nitrogen and oxygen atoms in total. The van der Waals surface area contributed by atoms with Crippen LogP contribution < -0.4 is 68.9 Å². The van der Waals surface area contributed by atoms with Gasteiger partial charge < -0.3 is 14.4 Å². The Morgan fingerprint density at radius 3 is 1.71 bits per heavy atom. The van der Waals surface area contributed by atoms with Gasteiger partial charge in [0.1, 0.15) is 0 Å². The number of rotatable bonds is 6. The molecular weight excluding hydrogens is 223 g/mol. The summed E-state index contributed by atoms with van der Waals surface area (Å²) in [7, 11) is -4.45. The molecule has 0 amide bonds. The molecule has 0 spiro atoms. The second kappa shape index (κ2) is 11.1. The Morgan fingerprint density at radius 1 is 1.14 bits per heavy atom. The quantitative estimate of drug-likeness (QED) is 0.261. The molecule has 0 atom stereocenters. The fourth-order valence-electron chi connectivity index (χ4n) is 0.800. The van der Waals surface area contributed by atoms with E-state index >= 15 is 0 Å². The van der Waals surface area contributed by atoms with Crippen LogP contribution in [0.15, 0.2) is 25.3 Å². The molecule has 0 saturated carbocycles. The van der Waals surface area contributed by atoms with Crippen molar-refractivity contribution in [2.24, 2.45) is 0 Å². The molecule has 0 saturated heterocycles. The van der Waals surface area contributed by atoms with Gasteiger partial charge in [-0.25, -0.2) is 0 Å². The van der Waals surface area contributed by atoms with E-state index in [1.807, 2.05) is 0 Å². The summed E-state index contributed by atoms with van der Waals surface area (Å²) >= 11 is 0. The third-order valence-corrected chi connectivity index (χ3v) is 1.89. The van der Waals surface area contributed by atoms with Crippen LogP contribution in [0.5, 0.6) is 0 Å². The summed E-state index contributed by atoms with van der Waals surface area (Å²) in [5.41, 5.74) is 0. The second-order valence-corrected chi connectivity index (χ2v) is 3.87. The summed E-state index contributed by atoms with van der Waals surface area (Å²) in [6.45, 7) is 7.64. The molecular formula is C7H12NNa2O3P. The maximum absolute atomic E-state index is 10.4. The van der Waals surface area contributed by atoms with Crippen LogP contribution in [-0.4, -0.2) is 24.3 Å². The van der Waals surface area contributed by atoms with Gasteiger partial charge in [-0.05, 0) is 0 Å². The number of nitrogens with zero attached hydrogens (tertiary/aromatic N) is 1. The Kier molecular flexibility index (Phi) is 16.6. The molecule has 0 aliphatic carbocycles. The van der Waals surface area contributed by atoms with E-state index in [0.29, 0.717) is 13.1 Å². The van der Waals surface area contributed by atoms with Gasteiger partial charge in [0.15, 0.2) is 0 Å². The average molecular weight is 235 g/mol. The first kappa shape index (κ1) is 20.9. The first-order valence-corrected chi connectivity index (χ1v) is 5.17. The molecule has 0 N–H and O–H groups in total. The van der Waals surface area contributed by atoms with Crippen LogP contribution in [0.4, 0.5) is 0 Å². The van der Waals surface area contributed by atoms with Crippen molar-refractivity contribution >= 4 is 7.60 Å². The molecule has 0 heterocycles. The third-order valence-electron chi connectivity index (χ3n) is 1.15. The molecule has 0 aromatic carbocycles. The van der Waals surface area contributed by atoms with Gasteiger partial charge in [0.05, 0.1) is 0 Å². The van der Waals surface area contributed by atoms with Crippen LogP contribution in [0.3, 0.4) is 0 Å². The molecule has 7 heteroatoms. The topological polar surface area (TPSA) is 66.4 Å². The zero-order valence-electron chi connectivity index (χ0n) is 8.81. The van der Waals surface area contributed by atoms with Crippen LogP contribution in [-0.2, 0) is 4.57 Å². The SMILES string of the molecule is C=CCN(CC=C)CP(=O)([O-])[O-].[Na+].[Na+]. The van der Waals surface area contributed by atoms with E-state index in [1.54, 1.807) is 12.2 Å². The maximum Gasteiger partial charge on any atom is 1.00 e. The Labute approximate surface area is 129 Å². The minimum atomic E-state index is -4.45. The zero-order valence-corrected chi connectivity index (χ0v) is 13.7. The van der Waals surface area contributed by atoms with E-state index in [-0.39, 0.29) is 59.1 Å². The summed E-state index contributed by atoms with van der Waals surface area (Å²) < 4.78 is 10.4. The van der Waals surface area contributed by atoms with Crippen molar-refractivity contribution in [3.8, 4) is 0 Å². The molecule has 0 bridgehead atoms. The van der Waals surface area contributed by atoms with Gasteiger partial charge in [0.25, 0.3) is 0 Å². The Bertz CT molecular complexity index is 197. The molecule has 0 unspecified atom stereocenters. The first-order valence-electron chi connectivity index (χ1n) is 3.45. The Hall–Kier alpha value is 1.59. The van der Waals surface area contributed by atoms with Gasteiger partial charge in [-0.1, -0.05) is 19.7 Å². The molecule has 0 aromatic heterocycles. The predicted octanol–water partition coefficient (Wildman–Crippen LogP) is -6.46. The summed E-state index contributed by atoms with van der Waals surface area (Å²) in [6.07, 6.45) is 2.61. The van der Waals surface area contributed by atoms with Crippen molar-refractivity contribution in [3.63, 3.8) is 0 Å². The van der Waals surface area contributed by atoms with E-state index in [1.165, 1.54) is 4.90 Å². The van der Waals surface area contributed by atoms with Crippen molar-refractivity contribution in [1.29, 1.82) is 0 Å². The van der Waals surface area contributed by atoms with Gasteiger partial charge in [-0.15, -0.1) is 13.2 Å². The molecule has 0 aromatic rings. The van der Waals surface area contributed by atoms with Crippen LogP contribution in [0.1, 0.15) is 0 Å². The molecule has 0 rings (SSSR count). The van der Waals surface area contributed by atoms with Crippen molar-refractivity contribution in [2.45, 2.75) is 0 Å². The summed E-state index contributed by atoms with van der Waals surface area (Å²) in [5, 5.41) is 0. The van der Waals surface area contributed by atoms with Crippen LogP contribution in [0.2, 0.25) is 0 Å². The fraction of sp³-hybridized carbons (Fsp3) is 0.429. The molecule has 70 valence electrons. The van der Waals surface area contributed by atoms with Gasteiger partial charge in [-0.2, -0.15) is 0 Å². The van der Waals surface area contributed by atoms with E-state index in [9.17, 15) is 14.4 Å². The summed E-state index contributed by atoms with van der Waals surface area (Å²) in [5.74, 6) is 0. The van der Waals surface area contributed by atoms with Crippen LogP contribution >= 0.6 is 7.60 Å². The van der Waals surface area contributed by atoms with E-state index in [4.69, 9.17) is 0 Å². The van der Waals surface area contributed by atoms with Crippen molar-refractivity contribution in [1.82, 2.24) is 4.90 Å². The minimum absolute atomic E-state index is 0. The Balaban J connectivity index is -0.000000605. The van der Waals surface area contributed by atoms with Crippen LogP contribution in [0, 0.1) is 0 Å². The molecule has 0 fully saturated rings. The third kappa shape index (κ3) is 13.6. The van der Waals surface area contributed by atoms with Crippen LogP contribution in [0.25, 0.3) is 0 Å². The van der Waals surface area contributed by atoms with Crippen molar-refractivity contribution in [2.75, 3.05) is 19.4 Å². The van der Waals surface area contributed by atoms with Gasteiger partial charge in [-0.3, -0.25) is 4.90 Å². The largest absolute Gasteiger partial charge is 1.00 e. The molecule has 14 heavy (non-hydrogen) atoms. The van der Waals surface area contributed by atoms with E-state index in [0.717, 1.165) is 0 Å². The standard InChI is InChI=1S/C7H14NO3P.2Na/c1-3-5-8(6-4-2)7-12(9,10)11;;/h3-4H,1-2,5-7H2,(H2,9,10,11);;/q;2*+1/p-2.